The first-order chi connectivity index (χ1) is 11.0. The SMILES string of the molecule is CCCOc1c(OCC)cc(/C=C2\NC(=O)NC2=O)c(Br)c1Br. The Balaban J connectivity index is 2.46. The van der Waals surface area contributed by atoms with E-state index in [-0.39, 0.29) is 5.70 Å². The lowest BCUT2D eigenvalue weighted by molar-refractivity contribution is -0.115. The minimum Gasteiger partial charge on any atom is -0.490 e. The molecular formula is C15H16Br2N2O4. The Morgan fingerprint density at radius 1 is 1.13 bits per heavy atom. The Labute approximate surface area is 150 Å². The molecule has 1 aliphatic heterocycles. The zero-order valence-corrected chi connectivity index (χ0v) is 15.8. The molecule has 1 aromatic rings. The molecule has 1 aromatic carbocycles. The van der Waals surface area contributed by atoms with E-state index in [2.05, 4.69) is 42.5 Å². The molecule has 8 heteroatoms. The molecule has 1 aliphatic rings. The summed E-state index contributed by atoms with van der Waals surface area (Å²) in [6, 6.07) is 1.22. The second-order valence-corrected chi connectivity index (χ2v) is 6.25. The number of imide groups is 1. The molecule has 1 fully saturated rings. The van der Waals surface area contributed by atoms with Crippen molar-refractivity contribution in [3.05, 3.63) is 26.3 Å². The summed E-state index contributed by atoms with van der Waals surface area (Å²) in [5.74, 6) is 0.692. The van der Waals surface area contributed by atoms with E-state index in [1.807, 2.05) is 13.8 Å². The molecule has 1 saturated heterocycles. The van der Waals surface area contributed by atoms with E-state index >= 15 is 0 Å². The fourth-order valence-electron chi connectivity index (χ4n) is 1.95. The summed E-state index contributed by atoms with van der Waals surface area (Å²) >= 11 is 6.97. The minimum atomic E-state index is -0.538. The van der Waals surface area contributed by atoms with E-state index in [1.54, 1.807) is 12.1 Å². The molecule has 124 valence electrons. The lowest BCUT2D eigenvalue weighted by Gasteiger charge is -2.16. The number of amides is 3. The smallest absolute Gasteiger partial charge is 0.326 e. The van der Waals surface area contributed by atoms with Crippen LogP contribution in [0.2, 0.25) is 0 Å². The van der Waals surface area contributed by atoms with Crippen molar-refractivity contribution in [3.63, 3.8) is 0 Å². The molecule has 0 radical (unpaired) electrons. The van der Waals surface area contributed by atoms with Crippen LogP contribution in [0.25, 0.3) is 6.08 Å². The highest BCUT2D eigenvalue weighted by Gasteiger charge is 2.24. The first-order valence-electron chi connectivity index (χ1n) is 7.09. The number of carbonyl (C=O) groups is 2. The molecule has 0 bridgehead atoms. The van der Waals surface area contributed by atoms with Crippen molar-refractivity contribution in [2.75, 3.05) is 13.2 Å². The maximum absolute atomic E-state index is 11.7. The molecule has 0 saturated carbocycles. The standard InChI is InChI=1S/C15H16Br2N2O4/c1-3-5-23-13-10(22-4-2)7-8(11(16)12(13)17)6-9-14(20)19-15(21)18-9/h6-7H,3-5H2,1-2H3,(H2,18,19,20,21)/b9-6-. The Morgan fingerprint density at radius 3 is 2.43 bits per heavy atom. The Bertz CT molecular complexity index is 674. The average molecular weight is 448 g/mol. The summed E-state index contributed by atoms with van der Waals surface area (Å²) in [5.41, 5.74) is 0.851. The molecule has 0 atom stereocenters. The number of rotatable bonds is 6. The summed E-state index contributed by atoms with van der Waals surface area (Å²) in [7, 11) is 0. The molecule has 3 amide bonds. The molecule has 2 N–H and O–H groups in total. The first kappa shape index (κ1) is 17.8. The predicted molar refractivity (Wildman–Crippen MR) is 93.4 cm³/mol. The summed E-state index contributed by atoms with van der Waals surface area (Å²) in [5, 5.41) is 4.61. The molecule has 2 rings (SSSR count). The first-order valence-corrected chi connectivity index (χ1v) is 8.68. The Kier molecular flexibility index (Phi) is 6.06. The zero-order valence-electron chi connectivity index (χ0n) is 12.7. The maximum Gasteiger partial charge on any atom is 0.326 e. The van der Waals surface area contributed by atoms with Gasteiger partial charge in [-0.25, -0.2) is 4.79 Å². The van der Waals surface area contributed by atoms with Crippen molar-refractivity contribution in [1.29, 1.82) is 0 Å². The number of hydrogen-bond donors (Lipinski definition) is 2. The van der Waals surface area contributed by atoms with Crippen LogP contribution < -0.4 is 20.1 Å². The summed E-state index contributed by atoms with van der Waals surface area (Å²) < 4.78 is 12.8. The lowest BCUT2D eigenvalue weighted by atomic mass is 10.1. The van der Waals surface area contributed by atoms with Gasteiger partial charge in [-0.15, -0.1) is 0 Å². The highest BCUT2D eigenvalue weighted by atomic mass is 79.9. The van der Waals surface area contributed by atoms with E-state index in [4.69, 9.17) is 9.47 Å². The predicted octanol–water partition coefficient (Wildman–Crippen LogP) is 3.58. The number of urea groups is 1. The van der Waals surface area contributed by atoms with E-state index in [1.165, 1.54) is 0 Å². The molecule has 1 heterocycles. The lowest BCUT2D eigenvalue weighted by Crippen LogP contribution is -2.22. The van der Waals surface area contributed by atoms with E-state index in [9.17, 15) is 9.59 Å². The number of nitrogens with one attached hydrogen (secondary N) is 2. The van der Waals surface area contributed by atoms with Gasteiger partial charge in [-0.3, -0.25) is 10.1 Å². The molecule has 0 aliphatic carbocycles. The topological polar surface area (TPSA) is 76.7 Å². The van der Waals surface area contributed by atoms with Crippen LogP contribution in [0.1, 0.15) is 25.8 Å². The molecule has 0 spiro atoms. The number of benzene rings is 1. The fraction of sp³-hybridized carbons (Fsp3) is 0.333. The molecule has 23 heavy (non-hydrogen) atoms. The van der Waals surface area contributed by atoms with Gasteiger partial charge in [0.1, 0.15) is 5.70 Å². The van der Waals surface area contributed by atoms with Gasteiger partial charge in [-0.2, -0.15) is 0 Å². The third-order valence-corrected chi connectivity index (χ3v) is 5.07. The van der Waals surface area contributed by atoms with Crippen LogP contribution in [-0.2, 0) is 4.79 Å². The normalized spacial score (nSPS) is 15.6. The second kappa shape index (κ2) is 7.83. The fourth-order valence-corrected chi connectivity index (χ4v) is 2.90. The van der Waals surface area contributed by atoms with E-state index in [0.717, 1.165) is 6.42 Å². The van der Waals surface area contributed by atoms with Gasteiger partial charge >= 0.3 is 6.03 Å². The van der Waals surface area contributed by atoms with Crippen LogP contribution in [0.4, 0.5) is 4.79 Å². The molecule has 0 unspecified atom stereocenters. The average Bonchev–Trinajstić information content (AvgIpc) is 2.82. The van der Waals surface area contributed by atoms with Gasteiger partial charge in [-0.1, -0.05) is 6.92 Å². The highest BCUT2D eigenvalue weighted by molar-refractivity contribution is 9.13. The zero-order chi connectivity index (χ0) is 17.0. The Morgan fingerprint density at radius 2 is 1.87 bits per heavy atom. The van der Waals surface area contributed by atoms with Gasteiger partial charge in [0.2, 0.25) is 0 Å². The summed E-state index contributed by atoms with van der Waals surface area (Å²) in [4.78, 5) is 22.9. The van der Waals surface area contributed by atoms with Crippen molar-refractivity contribution in [2.45, 2.75) is 20.3 Å². The third-order valence-electron chi connectivity index (χ3n) is 2.93. The molecule has 0 aromatic heterocycles. The van der Waals surface area contributed by atoms with Gasteiger partial charge in [0.05, 0.1) is 17.7 Å². The molecular weight excluding hydrogens is 432 g/mol. The van der Waals surface area contributed by atoms with Crippen LogP contribution in [0.15, 0.2) is 20.7 Å². The van der Waals surface area contributed by atoms with Crippen LogP contribution in [0, 0.1) is 0 Å². The maximum atomic E-state index is 11.7. The Hall–Kier alpha value is -1.54. The van der Waals surface area contributed by atoms with Gasteiger partial charge in [0.15, 0.2) is 11.5 Å². The summed E-state index contributed by atoms with van der Waals surface area (Å²) in [6.45, 7) is 4.93. The van der Waals surface area contributed by atoms with E-state index in [0.29, 0.717) is 39.2 Å². The van der Waals surface area contributed by atoms with Gasteiger partial charge < -0.3 is 14.8 Å². The van der Waals surface area contributed by atoms with Crippen molar-refractivity contribution in [2.24, 2.45) is 0 Å². The van der Waals surface area contributed by atoms with Crippen molar-refractivity contribution >= 4 is 49.9 Å². The van der Waals surface area contributed by atoms with Crippen molar-refractivity contribution in [1.82, 2.24) is 10.6 Å². The number of hydrogen-bond acceptors (Lipinski definition) is 4. The number of halogens is 2. The monoisotopic (exact) mass is 446 g/mol. The largest absolute Gasteiger partial charge is 0.490 e. The third kappa shape index (κ3) is 4.06. The van der Waals surface area contributed by atoms with Crippen LogP contribution in [0.3, 0.4) is 0 Å². The number of ether oxygens (including phenoxy) is 2. The van der Waals surface area contributed by atoms with Gasteiger partial charge in [-0.05, 0) is 62.9 Å². The van der Waals surface area contributed by atoms with E-state index < -0.39 is 11.9 Å². The number of carbonyl (C=O) groups excluding carboxylic acids is 2. The van der Waals surface area contributed by atoms with Crippen molar-refractivity contribution < 1.29 is 19.1 Å². The quantitative estimate of drug-likeness (QED) is 0.516. The van der Waals surface area contributed by atoms with Gasteiger partial charge in [0, 0.05) is 4.47 Å². The van der Waals surface area contributed by atoms with Gasteiger partial charge in [0.25, 0.3) is 5.91 Å². The van der Waals surface area contributed by atoms with Crippen molar-refractivity contribution in [3.8, 4) is 11.5 Å². The highest BCUT2D eigenvalue weighted by Crippen LogP contribution is 2.43. The van der Waals surface area contributed by atoms with Crippen LogP contribution >= 0.6 is 31.9 Å². The van der Waals surface area contributed by atoms with Crippen LogP contribution in [0.5, 0.6) is 11.5 Å². The minimum absolute atomic E-state index is 0.173. The molecule has 6 nitrogen and oxygen atoms in total. The van der Waals surface area contributed by atoms with Crippen LogP contribution in [-0.4, -0.2) is 25.2 Å². The second-order valence-electron chi connectivity index (χ2n) is 4.67. The summed E-state index contributed by atoms with van der Waals surface area (Å²) in [6.07, 6.45) is 2.44.